The molecule has 3 rings (SSSR count). The summed E-state index contributed by atoms with van der Waals surface area (Å²) in [6.45, 7) is 0.0947. The number of methoxy groups -OCH3 is 2. The van der Waals surface area contributed by atoms with Crippen LogP contribution < -0.4 is 14.2 Å². The van der Waals surface area contributed by atoms with Crippen molar-refractivity contribution in [1.29, 1.82) is 0 Å². The summed E-state index contributed by atoms with van der Waals surface area (Å²) in [6, 6.07) is 7.62. The van der Waals surface area contributed by atoms with E-state index >= 15 is 0 Å². The maximum absolute atomic E-state index is 12.7. The molecule has 2 aromatic rings. The highest BCUT2D eigenvalue weighted by molar-refractivity contribution is 6.04. The fraction of sp³-hybridized carbons (Fsp3) is 0.235. The molecule has 2 N–H and O–H groups in total. The number of phenolic OH excluding ortho intramolecular Hbond substituents is 2. The van der Waals surface area contributed by atoms with Crippen LogP contribution in [0.15, 0.2) is 30.3 Å². The minimum Gasteiger partial charge on any atom is -0.508 e. The zero-order chi connectivity index (χ0) is 16.6. The lowest BCUT2D eigenvalue weighted by Gasteiger charge is -2.26. The molecule has 0 radical (unpaired) electrons. The van der Waals surface area contributed by atoms with Crippen molar-refractivity contribution in [3.63, 3.8) is 0 Å². The molecule has 1 heterocycles. The third kappa shape index (κ3) is 2.42. The van der Waals surface area contributed by atoms with Gasteiger partial charge >= 0.3 is 0 Å². The Labute approximate surface area is 132 Å². The molecule has 2 aromatic carbocycles. The number of ketones is 1. The number of aromatic hydroxyl groups is 2. The molecule has 1 atom stereocenters. The lowest BCUT2D eigenvalue weighted by Crippen LogP contribution is -2.26. The molecule has 0 fully saturated rings. The molecule has 0 bridgehead atoms. The summed E-state index contributed by atoms with van der Waals surface area (Å²) in [7, 11) is 2.85. The first-order valence-corrected chi connectivity index (χ1v) is 7.00. The number of Topliss-reactive ketones (excluding diaryl/α,β-unsaturated/α-hetero) is 1. The Morgan fingerprint density at radius 2 is 1.91 bits per heavy atom. The van der Waals surface area contributed by atoms with Gasteiger partial charge < -0.3 is 24.4 Å². The number of benzene rings is 2. The first-order valence-electron chi connectivity index (χ1n) is 7.00. The molecule has 0 spiro atoms. The first kappa shape index (κ1) is 15.0. The van der Waals surface area contributed by atoms with Gasteiger partial charge in [0.2, 0.25) is 5.75 Å². The second kappa shape index (κ2) is 5.72. The van der Waals surface area contributed by atoms with E-state index in [0.717, 1.165) is 0 Å². The van der Waals surface area contributed by atoms with Crippen LogP contribution >= 0.6 is 0 Å². The van der Waals surface area contributed by atoms with Gasteiger partial charge in [-0.2, -0.15) is 0 Å². The van der Waals surface area contributed by atoms with Crippen LogP contribution in [0.3, 0.4) is 0 Å². The monoisotopic (exact) mass is 316 g/mol. The first-order chi connectivity index (χ1) is 11.1. The van der Waals surface area contributed by atoms with Crippen molar-refractivity contribution in [3.8, 4) is 28.7 Å². The van der Waals surface area contributed by atoms with E-state index in [1.165, 1.54) is 32.4 Å². The van der Waals surface area contributed by atoms with Crippen LogP contribution in [0.5, 0.6) is 28.7 Å². The van der Waals surface area contributed by atoms with Gasteiger partial charge in [-0.25, -0.2) is 0 Å². The molecular weight excluding hydrogens is 300 g/mol. The summed E-state index contributed by atoms with van der Waals surface area (Å²) in [4.78, 5) is 12.7. The van der Waals surface area contributed by atoms with Crippen molar-refractivity contribution >= 4 is 5.78 Å². The van der Waals surface area contributed by atoms with Crippen molar-refractivity contribution in [2.75, 3.05) is 20.8 Å². The standard InChI is InChI=1S/C17H16O6/c1-21-13-6-5-10(17(22-2)16(13)20)12-8-23-14-7-9(18)3-4-11(14)15(12)19/h3-7,12,18,20H,8H2,1-2H3/t12-/m1/s1. The number of carbonyl (C=O) groups excluding carboxylic acids is 1. The molecule has 1 aliphatic heterocycles. The van der Waals surface area contributed by atoms with Crippen molar-refractivity contribution in [3.05, 3.63) is 41.5 Å². The van der Waals surface area contributed by atoms with E-state index in [1.54, 1.807) is 12.1 Å². The Morgan fingerprint density at radius 1 is 1.13 bits per heavy atom. The van der Waals surface area contributed by atoms with E-state index in [-0.39, 0.29) is 35.4 Å². The summed E-state index contributed by atoms with van der Waals surface area (Å²) in [6.07, 6.45) is 0. The van der Waals surface area contributed by atoms with E-state index in [4.69, 9.17) is 14.2 Å². The van der Waals surface area contributed by atoms with Gasteiger partial charge in [0.1, 0.15) is 18.1 Å². The van der Waals surface area contributed by atoms with Crippen LogP contribution in [0, 0.1) is 0 Å². The lowest BCUT2D eigenvalue weighted by atomic mass is 9.88. The molecule has 0 amide bonds. The molecule has 0 unspecified atom stereocenters. The molecule has 6 heteroatoms. The molecule has 0 saturated carbocycles. The number of hydrogen-bond acceptors (Lipinski definition) is 6. The van der Waals surface area contributed by atoms with Crippen molar-refractivity contribution in [1.82, 2.24) is 0 Å². The van der Waals surface area contributed by atoms with Crippen molar-refractivity contribution in [2.45, 2.75) is 5.92 Å². The van der Waals surface area contributed by atoms with Crippen LogP contribution in [-0.4, -0.2) is 36.8 Å². The van der Waals surface area contributed by atoms with Gasteiger partial charge in [-0.05, 0) is 18.2 Å². The minimum atomic E-state index is -0.612. The van der Waals surface area contributed by atoms with Gasteiger partial charge in [0.25, 0.3) is 0 Å². The summed E-state index contributed by atoms with van der Waals surface area (Å²) >= 11 is 0. The fourth-order valence-corrected chi connectivity index (χ4v) is 2.72. The lowest BCUT2D eigenvalue weighted by molar-refractivity contribution is 0.0893. The van der Waals surface area contributed by atoms with Gasteiger partial charge in [0.05, 0.1) is 25.7 Å². The summed E-state index contributed by atoms with van der Waals surface area (Å²) in [5.41, 5.74) is 0.908. The molecule has 1 aliphatic rings. The van der Waals surface area contributed by atoms with E-state index < -0.39 is 5.92 Å². The highest BCUT2D eigenvalue weighted by atomic mass is 16.5. The van der Waals surface area contributed by atoms with Crippen molar-refractivity contribution < 1.29 is 29.2 Å². The van der Waals surface area contributed by atoms with Gasteiger partial charge in [-0.15, -0.1) is 0 Å². The fourth-order valence-electron chi connectivity index (χ4n) is 2.72. The second-order valence-corrected chi connectivity index (χ2v) is 5.15. The predicted octanol–water partition coefficient (Wildman–Crippen LogP) is 2.47. The maximum atomic E-state index is 12.7. The molecular formula is C17H16O6. The van der Waals surface area contributed by atoms with Gasteiger partial charge in [0.15, 0.2) is 17.3 Å². The molecule has 0 aromatic heterocycles. The van der Waals surface area contributed by atoms with Crippen LogP contribution in [-0.2, 0) is 0 Å². The van der Waals surface area contributed by atoms with Gasteiger partial charge in [-0.1, -0.05) is 6.07 Å². The van der Waals surface area contributed by atoms with Crippen LogP contribution in [0.25, 0.3) is 0 Å². The Bertz CT molecular complexity index is 768. The molecule has 120 valence electrons. The van der Waals surface area contributed by atoms with E-state index in [2.05, 4.69) is 0 Å². The smallest absolute Gasteiger partial charge is 0.201 e. The Morgan fingerprint density at radius 3 is 2.61 bits per heavy atom. The van der Waals surface area contributed by atoms with E-state index in [0.29, 0.717) is 16.9 Å². The number of fused-ring (bicyclic) bond motifs is 1. The number of phenols is 2. The second-order valence-electron chi connectivity index (χ2n) is 5.15. The van der Waals surface area contributed by atoms with Crippen LogP contribution in [0.1, 0.15) is 21.8 Å². The predicted molar refractivity (Wildman–Crippen MR) is 81.9 cm³/mol. The Kier molecular flexibility index (Phi) is 3.73. The average molecular weight is 316 g/mol. The number of rotatable bonds is 3. The zero-order valence-corrected chi connectivity index (χ0v) is 12.7. The molecule has 23 heavy (non-hydrogen) atoms. The average Bonchev–Trinajstić information content (AvgIpc) is 2.55. The normalized spacial score (nSPS) is 16.4. The summed E-state index contributed by atoms with van der Waals surface area (Å²) < 4.78 is 15.9. The Balaban J connectivity index is 2.05. The van der Waals surface area contributed by atoms with E-state index in [1.807, 2.05) is 0 Å². The maximum Gasteiger partial charge on any atom is 0.201 e. The van der Waals surface area contributed by atoms with Crippen LogP contribution in [0.2, 0.25) is 0 Å². The third-order valence-corrected chi connectivity index (χ3v) is 3.88. The summed E-state index contributed by atoms with van der Waals surface area (Å²) in [5.74, 6) is -0.0871. The third-order valence-electron chi connectivity index (χ3n) is 3.88. The minimum absolute atomic E-state index is 0.0367. The Hall–Kier alpha value is -2.89. The van der Waals surface area contributed by atoms with E-state index in [9.17, 15) is 15.0 Å². The number of ether oxygens (including phenoxy) is 3. The number of hydrogen-bond donors (Lipinski definition) is 2. The van der Waals surface area contributed by atoms with Crippen LogP contribution in [0.4, 0.5) is 0 Å². The summed E-state index contributed by atoms with van der Waals surface area (Å²) in [5, 5.41) is 19.7. The van der Waals surface area contributed by atoms with Gasteiger partial charge in [-0.3, -0.25) is 4.79 Å². The molecule has 0 saturated heterocycles. The molecule has 0 aliphatic carbocycles. The quantitative estimate of drug-likeness (QED) is 0.905. The van der Waals surface area contributed by atoms with Gasteiger partial charge in [0, 0.05) is 11.6 Å². The zero-order valence-electron chi connectivity index (χ0n) is 12.7. The van der Waals surface area contributed by atoms with Crippen molar-refractivity contribution in [2.24, 2.45) is 0 Å². The highest BCUT2D eigenvalue weighted by Crippen LogP contribution is 2.44. The molecule has 6 nitrogen and oxygen atoms in total. The largest absolute Gasteiger partial charge is 0.508 e. The topological polar surface area (TPSA) is 85.2 Å². The highest BCUT2D eigenvalue weighted by Gasteiger charge is 2.33. The SMILES string of the molecule is COc1ccc([C@H]2COc3cc(O)ccc3C2=O)c(OC)c1O. The number of carbonyl (C=O) groups is 1.